The normalized spacial score (nSPS) is 13.6. The fourth-order valence-electron chi connectivity index (χ4n) is 1.84. The van der Waals surface area contributed by atoms with Crippen molar-refractivity contribution in [3.8, 4) is 5.75 Å². The first-order valence-electron chi connectivity index (χ1n) is 5.77. The minimum absolute atomic E-state index is 0.272. The van der Waals surface area contributed by atoms with Gasteiger partial charge < -0.3 is 10.1 Å². The van der Waals surface area contributed by atoms with Crippen molar-refractivity contribution in [3.05, 3.63) is 29.8 Å². The van der Waals surface area contributed by atoms with E-state index in [-0.39, 0.29) is 5.41 Å². The summed E-state index contributed by atoms with van der Waals surface area (Å²) in [6.07, 6.45) is 1.05. The van der Waals surface area contributed by atoms with E-state index in [1.807, 2.05) is 19.2 Å². The van der Waals surface area contributed by atoms with Gasteiger partial charge in [0.15, 0.2) is 0 Å². The summed E-state index contributed by atoms with van der Waals surface area (Å²) in [5.41, 5.74) is 1.62. The Hall–Kier alpha value is -1.02. The van der Waals surface area contributed by atoms with Crippen LogP contribution in [-0.2, 0) is 6.42 Å². The van der Waals surface area contributed by atoms with Crippen LogP contribution in [0.25, 0.3) is 0 Å². The molecule has 1 atom stereocenters. The van der Waals surface area contributed by atoms with Gasteiger partial charge in [-0.15, -0.1) is 0 Å². The van der Waals surface area contributed by atoms with Gasteiger partial charge in [0, 0.05) is 6.04 Å². The van der Waals surface area contributed by atoms with E-state index in [0.717, 1.165) is 12.2 Å². The lowest BCUT2D eigenvalue weighted by Gasteiger charge is -2.30. The lowest BCUT2D eigenvalue weighted by atomic mass is 9.83. The minimum Gasteiger partial charge on any atom is -0.497 e. The molecule has 1 rings (SSSR count). The van der Waals surface area contributed by atoms with Crippen LogP contribution < -0.4 is 10.1 Å². The zero-order valence-corrected chi connectivity index (χ0v) is 11.0. The number of methoxy groups -OCH3 is 1. The molecule has 0 saturated heterocycles. The highest BCUT2D eigenvalue weighted by Gasteiger charge is 2.22. The maximum Gasteiger partial charge on any atom is 0.118 e. The van der Waals surface area contributed by atoms with Crippen molar-refractivity contribution in [1.82, 2.24) is 5.32 Å². The zero-order chi connectivity index (χ0) is 12.2. The molecule has 0 bridgehead atoms. The summed E-state index contributed by atoms with van der Waals surface area (Å²) >= 11 is 0. The molecule has 0 fully saturated rings. The van der Waals surface area contributed by atoms with Gasteiger partial charge in [-0.05, 0) is 36.6 Å². The van der Waals surface area contributed by atoms with Crippen molar-refractivity contribution in [3.63, 3.8) is 0 Å². The van der Waals surface area contributed by atoms with Gasteiger partial charge in [0.2, 0.25) is 0 Å². The fourth-order valence-corrected chi connectivity index (χ4v) is 1.84. The quantitative estimate of drug-likeness (QED) is 0.844. The Kier molecular flexibility index (Phi) is 4.36. The van der Waals surface area contributed by atoms with Crippen molar-refractivity contribution in [2.45, 2.75) is 33.2 Å². The van der Waals surface area contributed by atoms with Gasteiger partial charge in [0.05, 0.1) is 7.11 Å². The molecule has 2 nitrogen and oxygen atoms in total. The second kappa shape index (κ2) is 5.35. The van der Waals surface area contributed by atoms with E-state index in [0.29, 0.717) is 6.04 Å². The Bertz CT molecular complexity index is 311. The first-order valence-corrected chi connectivity index (χ1v) is 5.77. The molecule has 16 heavy (non-hydrogen) atoms. The molecule has 1 unspecified atom stereocenters. The first kappa shape index (κ1) is 13.0. The van der Waals surface area contributed by atoms with Crippen LogP contribution in [0, 0.1) is 5.41 Å². The van der Waals surface area contributed by atoms with Crippen LogP contribution in [0.5, 0.6) is 5.75 Å². The number of hydrogen-bond acceptors (Lipinski definition) is 2. The van der Waals surface area contributed by atoms with Crippen LogP contribution in [0.3, 0.4) is 0 Å². The lowest BCUT2D eigenvalue weighted by molar-refractivity contribution is 0.280. The molecular formula is C14H23NO. The summed E-state index contributed by atoms with van der Waals surface area (Å²) in [6, 6.07) is 8.79. The summed E-state index contributed by atoms with van der Waals surface area (Å²) in [5, 5.41) is 3.39. The van der Waals surface area contributed by atoms with Crippen LogP contribution in [0.2, 0.25) is 0 Å². The number of ether oxygens (including phenoxy) is 1. The molecular weight excluding hydrogens is 198 g/mol. The molecule has 1 aromatic rings. The van der Waals surface area contributed by atoms with E-state index in [9.17, 15) is 0 Å². The van der Waals surface area contributed by atoms with E-state index in [4.69, 9.17) is 4.74 Å². The van der Waals surface area contributed by atoms with E-state index in [1.165, 1.54) is 5.56 Å². The molecule has 0 radical (unpaired) electrons. The van der Waals surface area contributed by atoms with Gasteiger partial charge in [-0.3, -0.25) is 0 Å². The second-order valence-electron chi connectivity index (χ2n) is 5.26. The Labute approximate surface area is 99.0 Å². The van der Waals surface area contributed by atoms with Crippen LogP contribution >= 0.6 is 0 Å². The predicted octanol–water partition coefficient (Wildman–Crippen LogP) is 2.87. The highest BCUT2D eigenvalue weighted by molar-refractivity contribution is 5.27. The van der Waals surface area contributed by atoms with E-state index < -0.39 is 0 Å². The van der Waals surface area contributed by atoms with Crippen LogP contribution in [0.4, 0.5) is 0 Å². The zero-order valence-electron chi connectivity index (χ0n) is 11.0. The maximum absolute atomic E-state index is 5.15. The SMILES string of the molecule is CNC(Cc1ccc(OC)cc1)C(C)(C)C. The number of nitrogens with one attached hydrogen (secondary N) is 1. The summed E-state index contributed by atoms with van der Waals surface area (Å²) in [7, 11) is 3.72. The summed E-state index contributed by atoms with van der Waals surface area (Å²) in [6.45, 7) is 6.78. The van der Waals surface area contributed by atoms with Crippen molar-refractivity contribution in [1.29, 1.82) is 0 Å². The molecule has 1 aromatic carbocycles. The molecule has 0 aromatic heterocycles. The van der Waals surface area contributed by atoms with Gasteiger partial charge in [-0.25, -0.2) is 0 Å². The number of benzene rings is 1. The van der Waals surface area contributed by atoms with Crippen LogP contribution in [0.15, 0.2) is 24.3 Å². The summed E-state index contributed by atoms with van der Waals surface area (Å²) < 4.78 is 5.15. The standard InChI is InChI=1S/C14H23NO/c1-14(2,3)13(15-4)10-11-6-8-12(16-5)9-7-11/h6-9,13,15H,10H2,1-5H3. The Balaban J connectivity index is 2.71. The number of likely N-dealkylation sites (N-methyl/N-ethyl adjacent to an activating group) is 1. The second-order valence-corrected chi connectivity index (χ2v) is 5.26. The van der Waals surface area contributed by atoms with Gasteiger partial charge in [-0.2, -0.15) is 0 Å². The first-order chi connectivity index (χ1) is 7.47. The predicted molar refractivity (Wildman–Crippen MR) is 69.0 cm³/mol. The van der Waals surface area contributed by atoms with E-state index in [1.54, 1.807) is 7.11 Å². The molecule has 0 aliphatic rings. The molecule has 90 valence electrons. The molecule has 0 aliphatic carbocycles. The average Bonchev–Trinajstić information content (AvgIpc) is 2.25. The third-order valence-electron chi connectivity index (χ3n) is 2.99. The maximum atomic E-state index is 5.15. The Morgan fingerprint density at radius 3 is 2.12 bits per heavy atom. The minimum atomic E-state index is 0.272. The van der Waals surface area contributed by atoms with Crippen molar-refractivity contribution in [2.24, 2.45) is 5.41 Å². The molecule has 0 amide bonds. The third-order valence-corrected chi connectivity index (χ3v) is 2.99. The van der Waals surface area contributed by atoms with E-state index in [2.05, 4.69) is 38.2 Å². The van der Waals surface area contributed by atoms with Crippen molar-refractivity contribution < 1.29 is 4.74 Å². The lowest BCUT2D eigenvalue weighted by Crippen LogP contribution is -2.39. The van der Waals surface area contributed by atoms with E-state index >= 15 is 0 Å². The highest BCUT2D eigenvalue weighted by Crippen LogP contribution is 2.23. The highest BCUT2D eigenvalue weighted by atomic mass is 16.5. The molecule has 0 saturated carbocycles. The van der Waals surface area contributed by atoms with Gasteiger partial charge in [0.25, 0.3) is 0 Å². The average molecular weight is 221 g/mol. The van der Waals surface area contributed by atoms with Gasteiger partial charge in [-0.1, -0.05) is 32.9 Å². The largest absolute Gasteiger partial charge is 0.497 e. The Morgan fingerprint density at radius 2 is 1.75 bits per heavy atom. The number of hydrogen-bond donors (Lipinski definition) is 1. The molecule has 0 heterocycles. The number of rotatable bonds is 4. The Morgan fingerprint density at radius 1 is 1.19 bits per heavy atom. The third kappa shape index (κ3) is 3.53. The van der Waals surface area contributed by atoms with Crippen molar-refractivity contribution in [2.75, 3.05) is 14.2 Å². The topological polar surface area (TPSA) is 21.3 Å². The van der Waals surface area contributed by atoms with Gasteiger partial charge >= 0.3 is 0 Å². The summed E-state index contributed by atoms with van der Waals surface area (Å²) in [5.74, 6) is 0.917. The fraction of sp³-hybridized carbons (Fsp3) is 0.571. The van der Waals surface area contributed by atoms with Gasteiger partial charge in [0.1, 0.15) is 5.75 Å². The van der Waals surface area contributed by atoms with Crippen molar-refractivity contribution >= 4 is 0 Å². The molecule has 1 N–H and O–H groups in total. The van der Waals surface area contributed by atoms with Crippen LogP contribution in [0.1, 0.15) is 26.3 Å². The monoisotopic (exact) mass is 221 g/mol. The smallest absolute Gasteiger partial charge is 0.118 e. The summed E-state index contributed by atoms with van der Waals surface area (Å²) in [4.78, 5) is 0. The molecule has 2 heteroatoms. The molecule has 0 spiro atoms. The molecule has 0 aliphatic heterocycles. The van der Waals surface area contributed by atoms with Crippen LogP contribution in [-0.4, -0.2) is 20.2 Å².